The van der Waals surface area contributed by atoms with Crippen molar-refractivity contribution in [1.82, 2.24) is 15.8 Å². The molecule has 4 N–H and O–H groups in total. The van der Waals surface area contributed by atoms with E-state index in [4.69, 9.17) is 10.5 Å². The molecule has 0 aromatic carbocycles. The molecule has 114 valence electrons. The molecule has 6 nitrogen and oxygen atoms in total. The number of rotatable bonds is 7. The van der Waals surface area contributed by atoms with Crippen LogP contribution in [0.15, 0.2) is 0 Å². The highest BCUT2D eigenvalue weighted by Crippen LogP contribution is 2.06. The molecule has 0 bridgehead atoms. The summed E-state index contributed by atoms with van der Waals surface area (Å²) in [5, 5.41) is 4.67. The number of nitrogens with two attached hydrogens (primary N) is 1. The number of carbonyl (C=O) groups excluding carboxylic acids is 1. The molecule has 6 heteroatoms. The van der Waals surface area contributed by atoms with Crippen LogP contribution in [0.4, 0.5) is 4.79 Å². The number of ether oxygens (including phenoxy) is 1. The number of hydrogen-bond donors (Lipinski definition) is 3. The van der Waals surface area contributed by atoms with Crippen molar-refractivity contribution in [3.8, 4) is 0 Å². The molecular formula is C13H30N4O2. The van der Waals surface area contributed by atoms with E-state index in [0.717, 1.165) is 13.0 Å². The highest BCUT2D eigenvalue weighted by Gasteiger charge is 2.15. The van der Waals surface area contributed by atoms with Gasteiger partial charge in [-0.25, -0.2) is 15.2 Å². The SMILES string of the molecule is CC(C)C(N)NN(C)CCCNC(=O)OC(C)(C)C. The Kier molecular flexibility index (Phi) is 7.97. The van der Waals surface area contributed by atoms with Crippen molar-refractivity contribution in [2.24, 2.45) is 11.7 Å². The van der Waals surface area contributed by atoms with E-state index in [2.05, 4.69) is 24.6 Å². The van der Waals surface area contributed by atoms with Crippen LogP contribution in [0.1, 0.15) is 41.0 Å². The van der Waals surface area contributed by atoms with Gasteiger partial charge in [-0.1, -0.05) is 13.8 Å². The van der Waals surface area contributed by atoms with Crippen LogP contribution in [0.3, 0.4) is 0 Å². The molecule has 0 aliphatic heterocycles. The third-order valence-corrected chi connectivity index (χ3v) is 2.43. The van der Waals surface area contributed by atoms with E-state index < -0.39 is 5.60 Å². The summed E-state index contributed by atoms with van der Waals surface area (Å²) in [4.78, 5) is 11.4. The largest absolute Gasteiger partial charge is 0.444 e. The van der Waals surface area contributed by atoms with Crippen LogP contribution in [0.2, 0.25) is 0 Å². The molecule has 0 fully saturated rings. The summed E-state index contributed by atoms with van der Waals surface area (Å²) in [6.45, 7) is 11.0. The molecule has 0 aliphatic rings. The van der Waals surface area contributed by atoms with Gasteiger partial charge in [-0.15, -0.1) is 0 Å². The van der Waals surface area contributed by atoms with Crippen LogP contribution >= 0.6 is 0 Å². The van der Waals surface area contributed by atoms with Crippen LogP contribution in [0.25, 0.3) is 0 Å². The number of nitrogens with zero attached hydrogens (tertiary/aromatic N) is 1. The topological polar surface area (TPSA) is 79.6 Å². The number of alkyl carbamates (subject to hydrolysis) is 1. The van der Waals surface area contributed by atoms with E-state index >= 15 is 0 Å². The first-order valence-electron chi connectivity index (χ1n) is 6.81. The maximum Gasteiger partial charge on any atom is 0.407 e. The minimum atomic E-state index is -0.452. The van der Waals surface area contributed by atoms with Gasteiger partial charge in [0, 0.05) is 20.1 Å². The molecule has 1 unspecified atom stereocenters. The molecule has 0 aromatic rings. The monoisotopic (exact) mass is 274 g/mol. The predicted molar refractivity (Wildman–Crippen MR) is 77.4 cm³/mol. The Morgan fingerprint density at radius 1 is 1.37 bits per heavy atom. The van der Waals surface area contributed by atoms with Gasteiger partial charge >= 0.3 is 6.09 Å². The van der Waals surface area contributed by atoms with Gasteiger partial charge in [0.25, 0.3) is 0 Å². The third kappa shape index (κ3) is 10.7. The molecule has 1 atom stereocenters. The van der Waals surface area contributed by atoms with Gasteiger partial charge in [0.1, 0.15) is 5.60 Å². The van der Waals surface area contributed by atoms with Crippen molar-refractivity contribution in [2.75, 3.05) is 20.1 Å². The minimum Gasteiger partial charge on any atom is -0.444 e. The lowest BCUT2D eigenvalue weighted by Gasteiger charge is -2.25. The summed E-state index contributed by atoms with van der Waals surface area (Å²) in [5.41, 5.74) is 8.62. The Balaban J connectivity index is 3.66. The fourth-order valence-corrected chi connectivity index (χ4v) is 1.29. The van der Waals surface area contributed by atoms with Crippen LogP contribution in [-0.2, 0) is 4.74 Å². The predicted octanol–water partition coefficient (Wildman–Crippen LogP) is 1.28. The Morgan fingerprint density at radius 3 is 2.42 bits per heavy atom. The third-order valence-electron chi connectivity index (χ3n) is 2.43. The average Bonchev–Trinajstić information content (AvgIpc) is 2.21. The summed E-state index contributed by atoms with van der Waals surface area (Å²) in [7, 11) is 1.94. The lowest BCUT2D eigenvalue weighted by Crippen LogP contribution is -2.50. The van der Waals surface area contributed by atoms with Gasteiger partial charge < -0.3 is 15.8 Å². The lowest BCUT2D eigenvalue weighted by molar-refractivity contribution is 0.0524. The second-order valence-corrected chi connectivity index (χ2v) is 6.10. The van der Waals surface area contributed by atoms with E-state index in [1.807, 2.05) is 32.8 Å². The number of hydrazine groups is 1. The molecule has 0 rings (SSSR count). The number of amides is 1. The van der Waals surface area contributed by atoms with Gasteiger partial charge in [0.05, 0.1) is 6.17 Å². The summed E-state index contributed by atoms with van der Waals surface area (Å²) >= 11 is 0. The normalized spacial score (nSPS) is 13.7. The van der Waals surface area contributed by atoms with Crippen molar-refractivity contribution in [2.45, 2.75) is 52.8 Å². The second kappa shape index (κ2) is 8.35. The molecule has 0 aromatic heterocycles. The van der Waals surface area contributed by atoms with Crippen molar-refractivity contribution in [3.05, 3.63) is 0 Å². The lowest BCUT2D eigenvalue weighted by atomic mass is 10.2. The van der Waals surface area contributed by atoms with Crippen molar-refractivity contribution in [3.63, 3.8) is 0 Å². The van der Waals surface area contributed by atoms with Gasteiger partial charge in [-0.2, -0.15) is 0 Å². The Labute approximate surface area is 117 Å². The van der Waals surface area contributed by atoms with Crippen LogP contribution in [0, 0.1) is 5.92 Å². The summed E-state index contributed by atoms with van der Waals surface area (Å²) in [6.07, 6.45) is 0.402. The summed E-state index contributed by atoms with van der Waals surface area (Å²) < 4.78 is 5.14. The highest BCUT2D eigenvalue weighted by molar-refractivity contribution is 5.67. The van der Waals surface area contributed by atoms with E-state index in [0.29, 0.717) is 12.5 Å². The van der Waals surface area contributed by atoms with E-state index in [1.165, 1.54) is 0 Å². The second-order valence-electron chi connectivity index (χ2n) is 6.10. The van der Waals surface area contributed by atoms with Crippen LogP contribution in [0.5, 0.6) is 0 Å². The zero-order valence-electron chi connectivity index (χ0n) is 13.1. The molecule has 0 aliphatic carbocycles. The minimum absolute atomic E-state index is 0.0520. The van der Waals surface area contributed by atoms with Gasteiger partial charge in [-0.3, -0.25) is 0 Å². The average molecular weight is 274 g/mol. The van der Waals surface area contributed by atoms with Crippen molar-refractivity contribution >= 4 is 6.09 Å². The smallest absolute Gasteiger partial charge is 0.407 e. The first-order chi connectivity index (χ1) is 8.61. The first kappa shape index (κ1) is 18.1. The van der Waals surface area contributed by atoms with Crippen molar-refractivity contribution < 1.29 is 9.53 Å². The van der Waals surface area contributed by atoms with Gasteiger partial charge in [0.2, 0.25) is 0 Å². The molecular weight excluding hydrogens is 244 g/mol. The summed E-state index contributed by atoms with van der Waals surface area (Å²) in [6, 6.07) is 0. The van der Waals surface area contributed by atoms with Crippen LogP contribution < -0.4 is 16.5 Å². The molecule has 0 heterocycles. The Hall–Kier alpha value is -0.850. The fraction of sp³-hybridized carbons (Fsp3) is 0.923. The van der Waals surface area contributed by atoms with E-state index in [9.17, 15) is 4.79 Å². The fourth-order valence-electron chi connectivity index (χ4n) is 1.29. The van der Waals surface area contributed by atoms with Gasteiger partial charge in [-0.05, 0) is 33.1 Å². The Morgan fingerprint density at radius 2 is 1.95 bits per heavy atom. The standard InChI is InChI=1S/C13H30N4O2/c1-10(2)11(14)16-17(6)9-7-8-15-12(18)19-13(3,4)5/h10-11,16H,7-9,14H2,1-6H3,(H,15,18). The van der Waals surface area contributed by atoms with E-state index in [1.54, 1.807) is 0 Å². The Bertz CT molecular complexity index is 264. The van der Waals surface area contributed by atoms with Gasteiger partial charge in [0.15, 0.2) is 0 Å². The molecule has 1 amide bonds. The van der Waals surface area contributed by atoms with Crippen molar-refractivity contribution in [1.29, 1.82) is 0 Å². The quantitative estimate of drug-likeness (QED) is 0.370. The maximum absolute atomic E-state index is 11.4. The molecule has 0 saturated carbocycles. The molecule has 0 spiro atoms. The van der Waals surface area contributed by atoms with E-state index in [-0.39, 0.29) is 12.3 Å². The number of hydrogen-bond acceptors (Lipinski definition) is 5. The summed E-state index contributed by atoms with van der Waals surface area (Å²) in [5.74, 6) is 0.377. The number of nitrogens with one attached hydrogen (secondary N) is 2. The first-order valence-corrected chi connectivity index (χ1v) is 6.81. The molecule has 0 saturated heterocycles. The highest BCUT2D eigenvalue weighted by atomic mass is 16.6. The zero-order chi connectivity index (χ0) is 15.1. The van der Waals surface area contributed by atoms with Crippen LogP contribution in [-0.4, -0.2) is 43.0 Å². The molecule has 19 heavy (non-hydrogen) atoms. The number of carbonyl (C=O) groups is 1. The maximum atomic E-state index is 11.4. The molecule has 0 radical (unpaired) electrons. The zero-order valence-corrected chi connectivity index (χ0v) is 13.1.